The van der Waals surface area contributed by atoms with Gasteiger partial charge in [0.15, 0.2) is 0 Å². The van der Waals surface area contributed by atoms with Crippen molar-refractivity contribution in [3.63, 3.8) is 0 Å². The first-order valence-corrected chi connectivity index (χ1v) is 18.9. The quantitative estimate of drug-likeness (QED) is 0.195. The van der Waals surface area contributed by atoms with E-state index in [2.05, 4.69) is 56.6 Å². The molecule has 2 aromatic carbocycles. The summed E-state index contributed by atoms with van der Waals surface area (Å²) in [5, 5.41) is 30.3. The summed E-state index contributed by atoms with van der Waals surface area (Å²) in [7, 11) is 1.78. The van der Waals surface area contributed by atoms with Crippen molar-refractivity contribution in [3.05, 3.63) is 76.0 Å². The molecule has 12 heteroatoms. The lowest BCUT2D eigenvalue weighted by Gasteiger charge is -2.60. The van der Waals surface area contributed by atoms with Gasteiger partial charge in [-0.25, -0.2) is 14.5 Å². The number of nitrogens with zero attached hydrogens (tertiary/aromatic N) is 4. The fraction of sp³-hybridized carbons (Fsp3) is 0.512. The number of Topliss-reactive ketones (excluding diaryl/α,β-unsaturated/α-hetero) is 1. The van der Waals surface area contributed by atoms with Crippen LogP contribution in [0.3, 0.4) is 0 Å². The van der Waals surface area contributed by atoms with E-state index < -0.39 is 40.3 Å². The van der Waals surface area contributed by atoms with Crippen molar-refractivity contribution in [1.29, 1.82) is 0 Å². The van der Waals surface area contributed by atoms with E-state index in [1.165, 1.54) is 18.5 Å². The molecule has 1 aliphatic heterocycles. The van der Waals surface area contributed by atoms with Gasteiger partial charge in [0.05, 0.1) is 23.0 Å². The highest BCUT2D eigenvalue weighted by Crippen LogP contribution is 2.68. The first kappa shape index (κ1) is 33.9. The van der Waals surface area contributed by atoms with E-state index in [0.29, 0.717) is 70.6 Å². The highest BCUT2D eigenvalue weighted by Gasteiger charge is 2.64. The van der Waals surface area contributed by atoms with Crippen molar-refractivity contribution in [2.75, 3.05) is 10.6 Å². The van der Waals surface area contributed by atoms with E-state index in [4.69, 9.17) is 0 Å². The second-order valence-corrected chi connectivity index (χ2v) is 16.7. The molecule has 9 rings (SSSR count). The molecule has 4 N–H and O–H groups in total. The molecule has 11 nitrogen and oxygen atoms in total. The Hall–Kier alpha value is -4.89. The molecule has 4 saturated carbocycles. The number of aliphatic hydroxyl groups is 1. The van der Waals surface area contributed by atoms with Crippen molar-refractivity contribution in [3.8, 4) is 11.8 Å². The van der Waals surface area contributed by atoms with Crippen LogP contribution in [-0.4, -0.2) is 47.4 Å². The number of fused-ring (bicyclic) bond motifs is 5. The molecule has 4 aromatic rings. The van der Waals surface area contributed by atoms with Crippen LogP contribution < -0.4 is 16.2 Å². The van der Waals surface area contributed by atoms with E-state index >= 15 is 0 Å². The Morgan fingerprint density at radius 2 is 1.85 bits per heavy atom. The molecule has 0 spiro atoms. The smallest absolute Gasteiger partial charge is 0.300 e. The van der Waals surface area contributed by atoms with E-state index in [0.717, 1.165) is 50.5 Å². The average Bonchev–Trinajstić information content (AvgIpc) is 3.68. The maximum Gasteiger partial charge on any atom is 0.300 e. The second-order valence-electron chi connectivity index (χ2n) is 16.7. The van der Waals surface area contributed by atoms with Gasteiger partial charge >= 0.3 is 0 Å². The number of anilines is 2. The molecule has 3 heterocycles. The number of H-pyrrole nitrogens is 1. The number of benzene rings is 2. The van der Waals surface area contributed by atoms with Crippen LogP contribution in [0.5, 0.6) is 0 Å². The number of aromatic amines is 1. The molecule has 53 heavy (non-hydrogen) atoms. The van der Waals surface area contributed by atoms with Gasteiger partial charge in [0.2, 0.25) is 0 Å². The van der Waals surface area contributed by atoms with Crippen LogP contribution in [0.4, 0.5) is 15.8 Å². The monoisotopic (exact) mass is 717 g/mol. The number of aromatic nitrogens is 5. The lowest BCUT2D eigenvalue weighted by atomic mass is 9.44. The maximum absolute atomic E-state index is 14.7. The van der Waals surface area contributed by atoms with Gasteiger partial charge in [-0.15, -0.1) is 0 Å². The molecular formula is C41H44FN7O4. The predicted molar refractivity (Wildman–Crippen MR) is 196 cm³/mol. The molecule has 5 aliphatic rings. The van der Waals surface area contributed by atoms with Gasteiger partial charge in [0, 0.05) is 42.1 Å². The first-order chi connectivity index (χ1) is 25.4. The highest BCUT2D eigenvalue weighted by molar-refractivity contribution is 6.04. The van der Waals surface area contributed by atoms with Gasteiger partial charge in [0.25, 0.3) is 11.5 Å². The number of nitrogens with one attached hydrogen (secondary N) is 3. The Morgan fingerprint density at radius 1 is 1.06 bits per heavy atom. The number of halogens is 1. The predicted octanol–water partition coefficient (Wildman–Crippen LogP) is 5.77. The van der Waals surface area contributed by atoms with Crippen LogP contribution in [0.2, 0.25) is 0 Å². The molecule has 0 bridgehead atoms. The molecule has 0 saturated heterocycles. The van der Waals surface area contributed by atoms with Crippen molar-refractivity contribution < 1.29 is 19.1 Å². The van der Waals surface area contributed by atoms with Gasteiger partial charge in [-0.05, 0) is 110 Å². The number of amides is 1. The fourth-order valence-electron chi connectivity index (χ4n) is 11.5. The Balaban J connectivity index is 0.933. The zero-order valence-corrected chi connectivity index (χ0v) is 30.2. The highest BCUT2D eigenvalue weighted by atomic mass is 19.1. The van der Waals surface area contributed by atoms with Crippen molar-refractivity contribution in [1.82, 2.24) is 25.0 Å². The Bertz CT molecular complexity index is 2290. The molecule has 274 valence electrons. The largest absolute Gasteiger partial charge is 0.377 e. The van der Waals surface area contributed by atoms with Gasteiger partial charge in [-0.2, -0.15) is 10.2 Å². The number of rotatable bonds is 3. The molecule has 4 aliphatic carbocycles. The molecule has 1 amide bonds. The van der Waals surface area contributed by atoms with E-state index in [-0.39, 0.29) is 10.8 Å². The van der Waals surface area contributed by atoms with Crippen LogP contribution in [0.1, 0.15) is 101 Å². The zero-order valence-electron chi connectivity index (χ0n) is 30.2. The average molecular weight is 718 g/mol. The zero-order chi connectivity index (χ0) is 36.9. The Labute approximate surface area is 306 Å². The van der Waals surface area contributed by atoms with Crippen LogP contribution in [-0.2, 0) is 16.6 Å². The normalized spacial score (nSPS) is 34.2. The maximum atomic E-state index is 14.7. The van der Waals surface area contributed by atoms with Crippen LogP contribution in [0.25, 0.3) is 10.8 Å². The molecular weight excluding hydrogens is 673 g/mol. The topological polar surface area (TPSA) is 155 Å². The third-order valence-electron chi connectivity index (χ3n) is 14.4. The standard InChI is InChI=1S/C41H44FN7O4/c1-39-14-10-26(50)18-23(39)6-9-27-29(39)11-15-40(2)30(27)12-16-41(40,53)17-13-32(51)45-25-7-4-22(5-8-25)35-34(37-43-21-44-49(37)3)36-33-28(38(52)48-47-36)19-24(42)20-31(33)46-35/h4-5,7-8,19-21,23,27,29-30,34-35,46,53H,6,9-12,14-16,18H2,1-3H3,(H,45,51)(H,48,52)/t23-,27+,29-,30-,34+,35?,39-,40-,41+/m0/s1. The minimum Gasteiger partial charge on any atom is -0.377 e. The Kier molecular flexibility index (Phi) is 7.72. The minimum atomic E-state index is -1.25. The third kappa shape index (κ3) is 5.17. The fourth-order valence-corrected chi connectivity index (χ4v) is 11.5. The third-order valence-corrected chi connectivity index (χ3v) is 14.4. The number of hydrogen-bond acceptors (Lipinski definition) is 8. The summed E-state index contributed by atoms with van der Waals surface area (Å²) in [5.74, 6) is 7.21. The molecule has 1 unspecified atom stereocenters. The summed E-state index contributed by atoms with van der Waals surface area (Å²) in [6.07, 6.45) is 9.38. The lowest BCUT2D eigenvalue weighted by Crippen LogP contribution is -2.56. The van der Waals surface area contributed by atoms with Crippen molar-refractivity contribution >= 4 is 33.8 Å². The summed E-state index contributed by atoms with van der Waals surface area (Å²) >= 11 is 0. The van der Waals surface area contributed by atoms with Gasteiger partial charge in [-0.3, -0.25) is 19.1 Å². The number of hydrogen-bond donors (Lipinski definition) is 4. The van der Waals surface area contributed by atoms with Gasteiger partial charge in [0.1, 0.15) is 29.4 Å². The molecule has 4 fully saturated rings. The first-order valence-electron chi connectivity index (χ1n) is 18.9. The number of carbonyl (C=O) groups excluding carboxylic acids is 2. The number of carbonyl (C=O) groups is 2. The molecule has 9 atom stereocenters. The summed E-state index contributed by atoms with van der Waals surface area (Å²) in [4.78, 5) is 42.7. The molecule has 2 aromatic heterocycles. The molecule has 0 radical (unpaired) electrons. The van der Waals surface area contributed by atoms with E-state index in [1.54, 1.807) is 23.9 Å². The summed E-state index contributed by atoms with van der Waals surface area (Å²) in [6, 6.07) is 9.39. The SMILES string of the molecule is Cn1ncnc1[C@H]1c2n[nH]c(=O)c3cc(F)cc(c23)NC1c1ccc(NC(=O)C#C[C@]2(O)CC[C@H]3[C@@H]4CC[C@H]5CC(=O)CC[C@]5(C)[C@H]4CC[C@@]32C)cc1. The summed E-state index contributed by atoms with van der Waals surface area (Å²) in [5.41, 5.74) is 0.414. The number of aryl methyl sites for hydroxylation is 1. The number of ketones is 1. The van der Waals surface area contributed by atoms with E-state index in [1.807, 2.05) is 12.1 Å². The summed E-state index contributed by atoms with van der Waals surface area (Å²) < 4.78 is 16.3. The van der Waals surface area contributed by atoms with Crippen molar-refractivity contribution in [2.45, 2.75) is 89.2 Å². The second kappa shape index (κ2) is 12.1. The van der Waals surface area contributed by atoms with Gasteiger partial charge in [-0.1, -0.05) is 31.9 Å². The van der Waals surface area contributed by atoms with Crippen LogP contribution >= 0.6 is 0 Å². The minimum absolute atomic E-state index is 0.191. The van der Waals surface area contributed by atoms with Crippen LogP contribution in [0, 0.1) is 52.2 Å². The van der Waals surface area contributed by atoms with Crippen molar-refractivity contribution in [2.24, 2.45) is 41.5 Å². The lowest BCUT2D eigenvalue weighted by molar-refractivity contribution is -0.147. The summed E-state index contributed by atoms with van der Waals surface area (Å²) in [6.45, 7) is 4.60. The van der Waals surface area contributed by atoms with E-state index in [9.17, 15) is 23.9 Å². The Morgan fingerprint density at radius 3 is 2.62 bits per heavy atom. The van der Waals surface area contributed by atoms with Gasteiger partial charge < -0.3 is 15.7 Å². The van der Waals surface area contributed by atoms with Crippen LogP contribution in [0.15, 0.2) is 47.5 Å².